The molecule has 3 fully saturated rings. The molecule has 3 atom stereocenters. The average Bonchev–Trinajstić information content (AvgIpc) is 3.29. The first-order valence-electron chi connectivity index (χ1n) is 10.9. The van der Waals surface area contributed by atoms with E-state index in [9.17, 15) is 14.4 Å². The molecule has 1 aromatic heterocycles. The number of amides is 4. The van der Waals surface area contributed by atoms with Crippen LogP contribution in [-0.4, -0.2) is 47.3 Å². The number of urea groups is 1. The second kappa shape index (κ2) is 7.15. The van der Waals surface area contributed by atoms with Crippen LogP contribution in [0.25, 0.3) is 11.0 Å². The largest absolute Gasteiger partial charge is 0.458 e. The van der Waals surface area contributed by atoms with Crippen molar-refractivity contribution in [2.24, 2.45) is 11.8 Å². The minimum Gasteiger partial charge on any atom is -0.458 e. The van der Waals surface area contributed by atoms with Crippen LogP contribution in [0.5, 0.6) is 0 Å². The predicted molar refractivity (Wildman–Crippen MR) is 110 cm³/mol. The third-order valence-electron chi connectivity index (χ3n) is 7.13. The Kier molecular flexibility index (Phi) is 4.56. The Labute approximate surface area is 175 Å². The van der Waals surface area contributed by atoms with E-state index in [0.29, 0.717) is 23.8 Å². The highest BCUT2D eigenvalue weighted by Crippen LogP contribution is 2.36. The number of fused-ring (bicyclic) bond motifs is 2. The molecule has 2 aliphatic heterocycles. The molecular formula is C23H27N3O4. The number of hydrogen-bond acceptors (Lipinski definition) is 4. The van der Waals surface area contributed by atoms with Gasteiger partial charge in [-0.25, -0.2) is 4.79 Å². The minimum atomic E-state index is -1.31. The number of piperidine rings is 1. The van der Waals surface area contributed by atoms with Crippen molar-refractivity contribution in [2.75, 3.05) is 19.6 Å². The van der Waals surface area contributed by atoms with Crippen LogP contribution < -0.4 is 5.32 Å². The Morgan fingerprint density at radius 3 is 2.73 bits per heavy atom. The molecule has 30 heavy (non-hydrogen) atoms. The number of para-hydroxylation sites is 1. The summed E-state index contributed by atoms with van der Waals surface area (Å²) in [6, 6.07) is 8.67. The lowest BCUT2D eigenvalue weighted by Crippen LogP contribution is -2.49. The molecule has 158 valence electrons. The van der Waals surface area contributed by atoms with Crippen LogP contribution in [0.3, 0.4) is 0 Å². The Balaban J connectivity index is 1.31. The molecule has 2 aromatic rings. The zero-order valence-corrected chi connectivity index (χ0v) is 17.2. The standard InChI is InChI=1S/C23H27N3O4/c1-23(19-12-16-7-4-5-9-18(16)30-19)21(28)26(22(29)24-23)14-20(27)25-11-10-15-6-2-3-8-17(15)13-25/h4-5,7,9,12,15,17H,2-3,6,8,10-11,13-14H2,1H3,(H,24,29)/t15-,17-,23-/m1/s1. The highest BCUT2D eigenvalue weighted by Gasteiger charge is 2.52. The highest BCUT2D eigenvalue weighted by molar-refractivity contribution is 6.09. The summed E-state index contributed by atoms with van der Waals surface area (Å²) in [7, 11) is 0. The molecule has 1 aliphatic carbocycles. The molecule has 0 radical (unpaired) electrons. The van der Waals surface area contributed by atoms with Crippen molar-refractivity contribution in [3.05, 3.63) is 36.1 Å². The fraction of sp³-hybridized carbons (Fsp3) is 0.522. The van der Waals surface area contributed by atoms with Crippen LogP contribution >= 0.6 is 0 Å². The van der Waals surface area contributed by atoms with Crippen molar-refractivity contribution in [1.82, 2.24) is 15.1 Å². The zero-order chi connectivity index (χ0) is 20.9. The maximum Gasteiger partial charge on any atom is 0.325 e. The first kappa shape index (κ1) is 19.2. The second-order valence-corrected chi connectivity index (χ2v) is 9.03. The molecule has 1 N–H and O–H groups in total. The van der Waals surface area contributed by atoms with Gasteiger partial charge in [-0.3, -0.25) is 14.5 Å². The van der Waals surface area contributed by atoms with E-state index in [0.717, 1.165) is 29.2 Å². The Morgan fingerprint density at radius 1 is 1.17 bits per heavy atom. The van der Waals surface area contributed by atoms with Gasteiger partial charge in [-0.15, -0.1) is 0 Å². The molecule has 1 aromatic carbocycles. The molecular weight excluding hydrogens is 382 g/mol. The van der Waals surface area contributed by atoms with Crippen molar-refractivity contribution in [3.8, 4) is 0 Å². The number of nitrogens with one attached hydrogen (secondary N) is 1. The number of carbonyl (C=O) groups is 3. The van der Waals surface area contributed by atoms with E-state index in [-0.39, 0.29) is 12.5 Å². The Bertz CT molecular complexity index is 982. The van der Waals surface area contributed by atoms with Crippen molar-refractivity contribution in [3.63, 3.8) is 0 Å². The first-order valence-corrected chi connectivity index (χ1v) is 10.9. The molecule has 0 unspecified atom stereocenters. The summed E-state index contributed by atoms with van der Waals surface area (Å²) in [5, 5.41) is 3.60. The van der Waals surface area contributed by atoms with E-state index in [1.165, 1.54) is 25.7 Å². The molecule has 5 rings (SSSR count). The summed E-state index contributed by atoms with van der Waals surface area (Å²) < 4.78 is 5.84. The third kappa shape index (κ3) is 3.07. The molecule has 0 bridgehead atoms. The first-order chi connectivity index (χ1) is 14.5. The summed E-state index contributed by atoms with van der Waals surface area (Å²) in [5.41, 5.74) is -0.659. The molecule has 3 aliphatic rings. The van der Waals surface area contributed by atoms with Gasteiger partial charge in [-0.1, -0.05) is 37.5 Å². The summed E-state index contributed by atoms with van der Waals surface area (Å²) in [5.74, 6) is 1.04. The van der Waals surface area contributed by atoms with Gasteiger partial charge in [0.15, 0.2) is 5.54 Å². The Morgan fingerprint density at radius 2 is 1.93 bits per heavy atom. The zero-order valence-electron chi connectivity index (χ0n) is 17.2. The number of likely N-dealkylation sites (tertiary alicyclic amines) is 1. The van der Waals surface area contributed by atoms with Crippen LogP contribution in [0.2, 0.25) is 0 Å². The molecule has 1 saturated carbocycles. The van der Waals surface area contributed by atoms with Crippen LogP contribution in [0, 0.1) is 11.8 Å². The maximum absolute atomic E-state index is 13.2. The van der Waals surface area contributed by atoms with E-state index in [1.54, 1.807) is 13.0 Å². The maximum atomic E-state index is 13.2. The summed E-state index contributed by atoms with van der Waals surface area (Å²) in [6.07, 6.45) is 5.97. The van der Waals surface area contributed by atoms with Crippen molar-refractivity contribution >= 4 is 28.8 Å². The monoisotopic (exact) mass is 409 g/mol. The quantitative estimate of drug-likeness (QED) is 0.789. The van der Waals surface area contributed by atoms with Gasteiger partial charge in [0.1, 0.15) is 17.9 Å². The number of hydrogen-bond donors (Lipinski definition) is 1. The lowest BCUT2D eigenvalue weighted by Gasteiger charge is -2.41. The van der Waals surface area contributed by atoms with Crippen LogP contribution in [0.1, 0.15) is 44.8 Å². The minimum absolute atomic E-state index is 0.156. The highest BCUT2D eigenvalue weighted by atomic mass is 16.3. The van der Waals surface area contributed by atoms with Crippen LogP contribution in [-0.2, 0) is 15.1 Å². The number of rotatable bonds is 3. The van der Waals surface area contributed by atoms with Gasteiger partial charge in [-0.2, -0.15) is 0 Å². The topological polar surface area (TPSA) is 82.9 Å². The van der Waals surface area contributed by atoms with Gasteiger partial charge in [-0.05, 0) is 43.7 Å². The van der Waals surface area contributed by atoms with Gasteiger partial charge in [0.2, 0.25) is 5.91 Å². The van der Waals surface area contributed by atoms with Crippen molar-refractivity contribution in [1.29, 1.82) is 0 Å². The number of imide groups is 1. The van der Waals surface area contributed by atoms with Crippen molar-refractivity contribution < 1.29 is 18.8 Å². The van der Waals surface area contributed by atoms with Crippen molar-refractivity contribution in [2.45, 2.75) is 44.6 Å². The van der Waals surface area contributed by atoms with E-state index in [2.05, 4.69) is 5.32 Å². The average molecular weight is 409 g/mol. The molecule has 7 heteroatoms. The molecule has 0 spiro atoms. The van der Waals surface area contributed by atoms with E-state index < -0.39 is 17.5 Å². The molecule has 7 nitrogen and oxygen atoms in total. The molecule has 2 saturated heterocycles. The number of furan rings is 1. The lowest BCUT2D eigenvalue weighted by molar-refractivity contribution is -0.140. The molecule has 4 amide bonds. The summed E-state index contributed by atoms with van der Waals surface area (Å²) in [6.45, 7) is 2.86. The van der Waals surface area contributed by atoms with Gasteiger partial charge in [0, 0.05) is 18.5 Å². The number of benzene rings is 1. The van der Waals surface area contributed by atoms with E-state index >= 15 is 0 Å². The smallest absolute Gasteiger partial charge is 0.325 e. The molecule has 3 heterocycles. The SMILES string of the molecule is C[C@]1(c2cc3ccccc3o2)NC(=O)N(CC(=O)N2CC[C@H]3CCCC[C@@H]3C2)C1=O. The summed E-state index contributed by atoms with van der Waals surface area (Å²) in [4.78, 5) is 41.6. The normalized spacial score (nSPS) is 29.2. The summed E-state index contributed by atoms with van der Waals surface area (Å²) >= 11 is 0. The van der Waals surface area contributed by atoms with Gasteiger partial charge < -0.3 is 14.6 Å². The van der Waals surface area contributed by atoms with Gasteiger partial charge >= 0.3 is 6.03 Å². The van der Waals surface area contributed by atoms with Gasteiger partial charge in [0.05, 0.1) is 0 Å². The second-order valence-electron chi connectivity index (χ2n) is 9.03. The van der Waals surface area contributed by atoms with Crippen LogP contribution in [0.4, 0.5) is 4.79 Å². The van der Waals surface area contributed by atoms with E-state index in [1.807, 2.05) is 29.2 Å². The fourth-order valence-corrected chi connectivity index (χ4v) is 5.30. The van der Waals surface area contributed by atoms with E-state index in [4.69, 9.17) is 4.42 Å². The van der Waals surface area contributed by atoms with Crippen LogP contribution in [0.15, 0.2) is 34.7 Å². The lowest BCUT2D eigenvalue weighted by atomic mass is 9.75. The predicted octanol–water partition coefficient (Wildman–Crippen LogP) is 3.24. The number of carbonyl (C=O) groups excluding carboxylic acids is 3. The van der Waals surface area contributed by atoms with Gasteiger partial charge in [0.25, 0.3) is 5.91 Å². The fourth-order valence-electron chi connectivity index (χ4n) is 5.30. The number of nitrogens with zero attached hydrogens (tertiary/aromatic N) is 2. The third-order valence-corrected chi connectivity index (χ3v) is 7.13. The Hall–Kier alpha value is -2.83.